The lowest BCUT2D eigenvalue weighted by atomic mass is 10.0. The molecule has 136 heavy (non-hydrogen) atoms. The van der Waals surface area contributed by atoms with Crippen LogP contribution in [0, 0.1) is 29.2 Å². The summed E-state index contributed by atoms with van der Waals surface area (Å²) in [5.74, 6) is 4.04. The monoisotopic (exact) mass is 1760 g/mol. The van der Waals surface area contributed by atoms with Gasteiger partial charge in [0, 0.05) is 135 Å². The average molecular weight is 1760 g/mol. The maximum absolute atomic E-state index is 9.49. The van der Waals surface area contributed by atoms with E-state index in [9.17, 15) is 10.5 Å². The molecule has 0 spiro atoms. The molecule has 0 bridgehead atoms. The van der Waals surface area contributed by atoms with Crippen molar-refractivity contribution >= 4 is 157 Å². The summed E-state index contributed by atoms with van der Waals surface area (Å²) < 4.78 is 22.1. The number of furan rings is 2. The molecule has 0 fully saturated rings. The number of rotatable bonds is 11. The van der Waals surface area contributed by atoms with Crippen LogP contribution >= 0.6 is 11.3 Å². The molecule has 17 heteroatoms. The Morgan fingerprint density at radius 2 is 0.625 bits per heavy atom. The van der Waals surface area contributed by atoms with Crippen molar-refractivity contribution in [3.63, 3.8) is 0 Å². The van der Waals surface area contributed by atoms with Gasteiger partial charge in [0.1, 0.15) is 22.3 Å². The summed E-state index contributed by atoms with van der Waals surface area (Å²) in [6.45, 7) is 7.51. The summed E-state index contributed by atoms with van der Waals surface area (Å²) in [6.07, 6.45) is 0. The molecule has 0 atom stereocenters. The van der Waals surface area contributed by atoms with Crippen LogP contribution in [0.2, 0.25) is 0 Å². The van der Waals surface area contributed by atoms with Crippen molar-refractivity contribution in [3.05, 3.63) is 435 Å². The number of para-hydroxylation sites is 6. The van der Waals surface area contributed by atoms with Crippen molar-refractivity contribution in [1.29, 1.82) is 10.5 Å². The second-order valence-electron chi connectivity index (χ2n) is 33.4. The maximum Gasteiger partial charge on any atom is 0.187 e. The topological polar surface area (TPSA) is 196 Å². The molecule has 27 aromatic rings. The van der Waals surface area contributed by atoms with E-state index in [4.69, 9.17) is 55.3 Å². The van der Waals surface area contributed by atoms with Gasteiger partial charge in [-0.15, -0.1) is 11.3 Å². The Morgan fingerprint density at radius 3 is 1.15 bits per heavy atom. The molecule has 632 valence electrons. The van der Waals surface area contributed by atoms with E-state index in [1.807, 2.05) is 175 Å². The molecule has 16 nitrogen and oxygen atoms in total. The van der Waals surface area contributed by atoms with Gasteiger partial charge in [-0.1, -0.05) is 231 Å². The summed E-state index contributed by atoms with van der Waals surface area (Å²) in [5.41, 5.74) is 23.8. The Morgan fingerprint density at radius 1 is 0.235 bits per heavy atom. The summed E-state index contributed by atoms with van der Waals surface area (Å²) >= 11 is 1.85. The van der Waals surface area contributed by atoms with Crippen LogP contribution in [0.1, 0.15) is 11.1 Å². The Labute approximate surface area is 780 Å². The minimum absolute atomic E-state index is 0.517. The van der Waals surface area contributed by atoms with Crippen LogP contribution in [0.5, 0.6) is 0 Å². The summed E-state index contributed by atoms with van der Waals surface area (Å²) in [6, 6.07) is 144. The van der Waals surface area contributed by atoms with E-state index in [1.165, 1.54) is 47.4 Å². The molecule has 0 aliphatic heterocycles. The molecule has 0 amide bonds. The number of nitrogens with zero attached hydrogens (tertiary/aromatic N) is 14. The summed E-state index contributed by atoms with van der Waals surface area (Å²) in [7, 11) is 0. The molecule has 0 aliphatic rings. The molecule has 0 aliphatic carbocycles. The van der Waals surface area contributed by atoms with E-state index in [1.54, 1.807) is 24.3 Å². The van der Waals surface area contributed by atoms with Crippen molar-refractivity contribution < 1.29 is 8.83 Å². The van der Waals surface area contributed by atoms with Crippen LogP contribution in [-0.2, 0) is 0 Å². The predicted octanol–water partition coefficient (Wildman–Crippen LogP) is 30.5. The van der Waals surface area contributed by atoms with Gasteiger partial charge in [-0.05, 0) is 188 Å². The van der Waals surface area contributed by atoms with Crippen LogP contribution < -0.4 is 0 Å². The van der Waals surface area contributed by atoms with Gasteiger partial charge in [0.25, 0.3) is 0 Å². The van der Waals surface area contributed by atoms with E-state index >= 15 is 0 Å². The average Bonchev–Trinajstić information content (AvgIpc) is 1.58. The molecule has 0 N–H and O–H groups in total. The normalized spacial score (nSPS) is 11.5. The SMILES string of the molecule is N#Cc1ccc(-c2nc(-c3ccccc3)nc(-c3ccc(-n4c5ccccc5c5cc6sc7ccccc7c6cc54)cc3)n2)cc1.N#Cc1cccc(-c2nc(-c3ccccc3)nc(-c3ccc(-n4c5ccccc5c5cc6oc7ccccc7c6cc54)cc3)n2)c1.[C-]#[N+]c1cccc(-c2nc(-c3cccc(-n4c5ccccc5c5cc6oc7ccccc7c6cc54)c3)nc3ccccc23)c1. The molecule has 27 rings (SSSR count). The number of nitriles is 2. The van der Waals surface area contributed by atoms with Gasteiger partial charge in [-0.2, -0.15) is 10.5 Å². The first-order valence-electron chi connectivity index (χ1n) is 44.5. The molecule has 0 radical (unpaired) electrons. The Balaban J connectivity index is 0.000000109. The minimum Gasteiger partial charge on any atom is -0.456 e. The van der Waals surface area contributed by atoms with Gasteiger partial charge in [0.2, 0.25) is 0 Å². The Kier molecular flexibility index (Phi) is 19.2. The van der Waals surface area contributed by atoms with E-state index in [0.717, 1.165) is 160 Å². The summed E-state index contributed by atoms with van der Waals surface area (Å²) in [5, 5.41) is 33.8. The second-order valence-corrected chi connectivity index (χ2v) is 34.5. The fourth-order valence-electron chi connectivity index (χ4n) is 19.0. The predicted molar refractivity (Wildman–Crippen MR) is 549 cm³/mol. The number of aromatic nitrogens is 11. The van der Waals surface area contributed by atoms with Crippen LogP contribution in [0.4, 0.5) is 5.69 Å². The molecule has 9 heterocycles. The quantitative estimate of drug-likeness (QED) is 0.111. The standard InChI is InChI=1S/C40H23N5O.C40H23N5S.C39H22N4O/c41-24-25-9-8-12-28(21-25)40-43-38(26-10-2-1-3-11-26)42-39(44-40)27-17-19-29(20-18-27)45-34-15-6-4-13-30(34)32-23-37-33(22-35(32)45)31-14-5-7-16-36(31)46-37;41-24-25-14-16-27(17-15-25)39-42-38(26-8-2-1-3-9-26)43-40(44-39)28-18-20-29(21-19-28)45-34-12-6-4-10-30(34)32-23-37-33(22-35(32)45)31-11-5-7-13-36(31)46-37;1-40-26-12-8-10-24(20-26)38-30-16-2-5-17-33(30)41-39(42-38)25-11-9-13-27(21-25)43-34-18-6-3-14-28(34)31-23-37-32(22-35(31)43)29-15-4-7-19-36(29)44-37/h2*1-23H;2-23H. The first kappa shape index (κ1) is 79.2. The van der Waals surface area contributed by atoms with Crippen LogP contribution in [0.3, 0.4) is 0 Å². The maximum atomic E-state index is 9.49. The number of benzene rings is 18. The minimum atomic E-state index is 0.517. The van der Waals surface area contributed by atoms with Gasteiger partial charge in [-0.3, -0.25) is 0 Å². The van der Waals surface area contributed by atoms with Crippen molar-refractivity contribution in [2.45, 2.75) is 0 Å². The van der Waals surface area contributed by atoms with Gasteiger partial charge in [0.05, 0.1) is 74.1 Å². The molecule has 18 aromatic carbocycles. The van der Waals surface area contributed by atoms with E-state index < -0.39 is 0 Å². The smallest absolute Gasteiger partial charge is 0.187 e. The fraction of sp³-hybridized carbons (Fsp3) is 0. The summed E-state index contributed by atoms with van der Waals surface area (Å²) in [4.78, 5) is 42.9. The van der Waals surface area contributed by atoms with Crippen LogP contribution in [0.25, 0.3) is 253 Å². The lowest BCUT2D eigenvalue weighted by Crippen LogP contribution is -2.00. The van der Waals surface area contributed by atoms with Gasteiger partial charge in [-0.25, -0.2) is 44.7 Å². The molecule has 0 unspecified atom stereocenters. The van der Waals surface area contributed by atoms with Crippen molar-refractivity contribution in [3.8, 4) is 120 Å². The van der Waals surface area contributed by atoms with E-state index in [-0.39, 0.29) is 0 Å². The number of thiophene rings is 1. The first-order valence-corrected chi connectivity index (χ1v) is 45.3. The fourth-order valence-corrected chi connectivity index (χ4v) is 20.1. The van der Waals surface area contributed by atoms with Gasteiger partial charge in [0.15, 0.2) is 46.5 Å². The third-order valence-electron chi connectivity index (χ3n) is 25.4. The first-order chi connectivity index (χ1) is 67.2. The highest BCUT2D eigenvalue weighted by Gasteiger charge is 2.24. The molecule has 0 saturated heterocycles. The van der Waals surface area contributed by atoms with Crippen molar-refractivity contribution in [2.75, 3.05) is 0 Å². The number of hydrogen-bond donors (Lipinski definition) is 0. The highest BCUT2D eigenvalue weighted by Crippen LogP contribution is 2.45. The zero-order valence-corrected chi connectivity index (χ0v) is 73.1. The number of fused-ring (bicyclic) bond motifs is 19. The Bertz CT molecular complexity index is 9680. The van der Waals surface area contributed by atoms with Gasteiger partial charge >= 0.3 is 0 Å². The highest BCUT2D eigenvalue weighted by molar-refractivity contribution is 7.25. The largest absolute Gasteiger partial charge is 0.456 e. The van der Waals surface area contributed by atoms with Crippen LogP contribution in [-0.4, -0.2) is 53.6 Å². The van der Waals surface area contributed by atoms with E-state index in [2.05, 4.69) is 255 Å². The Hall–Kier alpha value is -19.0. The van der Waals surface area contributed by atoms with Crippen LogP contribution in [0.15, 0.2) is 421 Å². The number of hydrogen-bond acceptors (Lipinski definition) is 13. The van der Waals surface area contributed by atoms with Gasteiger partial charge < -0.3 is 22.5 Å². The lowest BCUT2D eigenvalue weighted by Gasteiger charge is -2.12. The molecular formula is C119H68N14O2S. The third-order valence-corrected chi connectivity index (χ3v) is 26.5. The van der Waals surface area contributed by atoms with Crippen molar-refractivity contribution in [2.24, 2.45) is 0 Å². The highest BCUT2D eigenvalue weighted by atomic mass is 32.1. The molecular weight excluding hydrogens is 1690 g/mol. The van der Waals surface area contributed by atoms with Crippen molar-refractivity contribution in [1.82, 2.24) is 53.6 Å². The second kappa shape index (κ2) is 32.9. The van der Waals surface area contributed by atoms with E-state index in [0.29, 0.717) is 57.6 Å². The molecule has 0 saturated carbocycles. The lowest BCUT2D eigenvalue weighted by molar-refractivity contribution is 0.669. The zero-order chi connectivity index (χ0) is 90.4. The molecule has 9 aromatic heterocycles. The third kappa shape index (κ3) is 13.9. The zero-order valence-electron chi connectivity index (χ0n) is 72.2.